The Morgan fingerprint density at radius 1 is 1.42 bits per heavy atom. The molecule has 0 radical (unpaired) electrons. The van der Waals surface area contributed by atoms with Gasteiger partial charge in [0.15, 0.2) is 0 Å². The van der Waals surface area contributed by atoms with Gasteiger partial charge in [-0.1, -0.05) is 12.1 Å². The van der Waals surface area contributed by atoms with Crippen molar-refractivity contribution in [3.05, 3.63) is 29.8 Å². The van der Waals surface area contributed by atoms with E-state index in [0.29, 0.717) is 36.9 Å². The van der Waals surface area contributed by atoms with Crippen LogP contribution in [0.3, 0.4) is 0 Å². The molecule has 0 atom stereocenters. The summed E-state index contributed by atoms with van der Waals surface area (Å²) in [5.41, 5.74) is 6.80. The molecule has 19 heavy (non-hydrogen) atoms. The molecule has 0 unspecified atom stereocenters. The van der Waals surface area contributed by atoms with Crippen LogP contribution in [0.2, 0.25) is 0 Å². The van der Waals surface area contributed by atoms with Crippen molar-refractivity contribution in [3.63, 3.8) is 0 Å². The van der Waals surface area contributed by atoms with Gasteiger partial charge < -0.3 is 15.4 Å². The lowest BCUT2D eigenvalue weighted by Gasteiger charge is -2.48. The van der Waals surface area contributed by atoms with Crippen LogP contribution in [0.25, 0.3) is 0 Å². The molecule has 0 spiro atoms. The quantitative estimate of drug-likeness (QED) is 0.895. The van der Waals surface area contributed by atoms with Gasteiger partial charge in [0, 0.05) is 13.1 Å². The topological polar surface area (TPSA) is 55.6 Å². The third-order valence-electron chi connectivity index (χ3n) is 4.07. The van der Waals surface area contributed by atoms with E-state index in [0.717, 1.165) is 0 Å². The van der Waals surface area contributed by atoms with Crippen molar-refractivity contribution < 1.29 is 9.53 Å². The molecule has 1 aromatic carbocycles. The largest absolute Gasteiger partial charge is 0.493 e. The van der Waals surface area contributed by atoms with Gasteiger partial charge in [-0.25, -0.2) is 0 Å². The van der Waals surface area contributed by atoms with Crippen LogP contribution in [0.5, 0.6) is 5.75 Å². The number of carbonyl (C=O) groups is 1. The van der Waals surface area contributed by atoms with Gasteiger partial charge in [-0.3, -0.25) is 4.79 Å². The lowest BCUT2D eigenvalue weighted by atomic mass is 9.85. The zero-order chi connectivity index (χ0) is 13.5. The Balaban J connectivity index is 1.71. The maximum atomic E-state index is 12.4. The number of hydrogen-bond donors (Lipinski definition) is 1. The second-order valence-electron chi connectivity index (χ2n) is 5.60. The molecule has 1 amide bonds. The van der Waals surface area contributed by atoms with E-state index in [1.165, 1.54) is 12.8 Å². The van der Waals surface area contributed by atoms with Crippen molar-refractivity contribution in [2.75, 3.05) is 19.7 Å². The standard InChI is InChI=1S/C15H20N2O2/c1-2-19-13-6-4-3-5-12(13)14(18)17-9-15(16,10-17)11-7-8-11/h3-6,11H,2,7-10,16H2,1H3. The number of nitrogens with two attached hydrogens (primary N) is 1. The van der Waals surface area contributed by atoms with Gasteiger partial charge >= 0.3 is 0 Å². The minimum Gasteiger partial charge on any atom is -0.493 e. The molecule has 4 heteroatoms. The van der Waals surface area contributed by atoms with Crippen molar-refractivity contribution in [1.82, 2.24) is 4.90 Å². The SMILES string of the molecule is CCOc1ccccc1C(=O)N1CC(N)(C2CC2)C1. The Labute approximate surface area is 113 Å². The number of benzene rings is 1. The number of hydrogen-bond acceptors (Lipinski definition) is 3. The summed E-state index contributed by atoms with van der Waals surface area (Å²) < 4.78 is 5.51. The highest BCUT2D eigenvalue weighted by molar-refractivity contribution is 5.97. The molecule has 1 heterocycles. The van der Waals surface area contributed by atoms with E-state index >= 15 is 0 Å². The number of rotatable bonds is 4. The van der Waals surface area contributed by atoms with Crippen molar-refractivity contribution in [2.24, 2.45) is 11.7 Å². The molecule has 2 aliphatic rings. The first-order valence-electron chi connectivity index (χ1n) is 6.94. The average Bonchev–Trinajstić information content (AvgIpc) is 3.20. The lowest BCUT2D eigenvalue weighted by molar-refractivity contribution is 0.0347. The van der Waals surface area contributed by atoms with Gasteiger partial charge in [-0.15, -0.1) is 0 Å². The van der Waals surface area contributed by atoms with Crippen LogP contribution in [0, 0.1) is 5.92 Å². The van der Waals surface area contributed by atoms with Crippen LogP contribution in [0.4, 0.5) is 0 Å². The molecule has 1 aliphatic carbocycles. The van der Waals surface area contributed by atoms with Crippen LogP contribution < -0.4 is 10.5 Å². The predicted molar refractivity (Wildman–Crippen MR) is 73.2 cm³/mol. The summed E-state index contributed by atoms with van der Waals surface area (Å²) in [6.45, 7) is 3.84. The third kappa shape index (κ3) is 2.21. The molecule has 1 aromatic rings. The summed E-state index contributed by atoms with van der Waals surface area (Å²) in [5, 5.41) is 0. The highest BCUT2D eigenvalue weighted by Gasteiger charge is 2.51. The van der Waals surface area contributed by atoms with Gasteiger partial charge in [0.25, 0.3) is 5.91 Å². The first kappa shape index (κ1) is 12.5. The van der Waals surface area contributed by atoms with E-state index in [4.69, 9.17) is 10.5 Å². The summed E-state index contributed by atoms with van der Waals surface area (Å²) >= 11 is 0. The lowest BCUT2D eigenvalue weighted by Crippen LogP contribution is -2.69. The third-order valence-corrected chi connectivity index (χ3v) is 4.07. The Hall–Kier alpha value is -1.55. The van der Waals surface area contributed by atoms with Crippen LogP contribution in [-0.4, -0.2) is 36.0 Å². The first-order valence-corrected chi connectivity index (χ1v) is 6.94. The number of likely N-dealkylation sites (tertiary alicyclic amines) is 1. The molecule has 3 rings (SSSR count). The van der Waals surface area contributed by atoms with E-state index in [1.807, 2.05) is 36.1 Å². The molecule has 1 aliphatic heterocycles. The summed E-state index contributed by atoms with van der Waals surface area (Å²) in [4.78, 5) is 14.3. The fourth-order valence-electron chi connectivity index (χ4n) is 2.82. The minimum atomic E-state index is -0.129. The van der Waals surface area contributed by atoms with Crippen molar-refractivity contribution >= 4 is 5.91 Å². The summed E-state index contributed by atoms with van der Waals surface area (Å²) in [5.74, 6) is 1.32. The van der Waals surface area contributed by atoms with E-state index in [2.05, 4.69) is 0 Å². The molecule has 0 aromatic heterocycles. The molecule has 102 valence electrons. The highest BCUT2D eigenvalue weighted by Crippen LogP contribution is 2.43. The van der Waals surface area contributed by atoms with E-state index in [-0.39, 0.29) is 11.4 Å². The molecule has 1 saturated carbocycles. The van der Waals surface area contributed by atoms with Crippen molar-refractivity contribution in [1.29, 1.82) is 0 Å². The Morgan fingerprint density at radius 2 is 2.11 bits per heavy atom. The minimum absolute atomic E-state index is 0.0331. The van der Waals surface area contributed by atoms with Gasteiger partial charge in [0.05, 0.1) is 17.7 Å². The van der Waals surface area contributed by atoms with Crippen molar-refractivity contribution in [2.45, 2.75) is 25.3 Å². The monoisotopic (exact) mass is 260 g/mol. The number of carbonyl (C=O) groups excluding carboxylic acids is 1. The summed E-state index contributed by atoms with van der Waals surface area (Å²) in [6.07, 6.45) is 2.43. The number of amides is 1. The average molecular weight is 260 g/mol. The smallest absolute Gasteiger partial charge is 0.257 e. The fourth-order valence-corrected chi connectivity index (χ4v) is 2.82. The van der Waals surface area contributed by atoms with Gasteiger partial charge in [-0.2, -0.15) is 0 Å². The van der Waals surface area contributed by atoms with Gasteiger partial charge in [-0.05, 0) is 37.8 Å². The fraction of sp³-hybridized carbons (Fsp3) is 0.533. The van der Waals surface area contributed by atoms with E-state index < -0.39 is 0 Å². The maximum Gasteiger partial charge on any atom is 0.257 e. The van der Waals surface area contributed by atoms with Crippen molar-refractivity contribution in [3.8, 4) is 5.75 Å². The highest BCUT2D eigenvalue weighted by atomic mass is 16.5. The van der Waals surface area contributed by atoms with Crippen LogP contribution in [0.15, 0.2) is 24.3 Å². The van der Waals surface area contributed by atoms with Crippen LogP contribution in [0.1, 0.15) is 30.1 Å². The molecule has 0 bridgehead atoms. The first-order chi connectivity index (χ1) is 9.14. The second kappa shape index (κ2) is 4.53. The molecular formula is C15H20N2O2. The molecule has 4 nitrogen and oxygen atoms in total. The van der Waals surface area contributed by atoms with Gasteiger partial charge in [0.1, 0.15) is 5.75 Å². The van der Waals surface area contributed by atoms with Gasteiger partial charge in [0.2, 0.25) is 0 Å². The van der Waals surface area contributed by atoms with Crippen LogP contribution in [-0.2, 0) is 0 Å². The number of ether oxygens (including phenoxy) is 1. The normalized spacial score (nSPS) is 20.8. The molecular weight excluding hydrogens is 240 g/mol. The zero-order valence-electron chi connectivity index (χ0n) is 11.3. The van der Waals surface area contributed by atoms with Crippen LogP contribution >= 0.6 is 0 Å². The zero-order valence-corrected chi connectivity index (χ0v) is 11.3. The summed E-state index contributed by atoms with van der Waals surface area (Å²) in [7, 11) is 0. The van der Waals surface area contributed by atoms with E-state index in [9.17, 15) is 4.79 Å². The molecule has 1 saturated heterocycles. The Bertz CT molecular complexity index is 491. The second-order valence-corrected chi connectivity index (χ2v) is 5.60. The number of nitrogens with zero attached hydrogens (tertiary/aromatic N) is 1. The predicted octanol–water partition coefficient (Wildman–Crippen LogP) is 1.65. The molecule has 2 N–H and O–H groups in total. The molecule has 2 fully saturated rings. The Morgan fingerprint density at radius 3 is 2.74 bits per heavy atom. The Kier molecular flexibility index (Phi) is 2.97. The maximum absolute atomic E-state index is 12.4. The summed E-state index contributed by atoms with van der Waals surface area (Å²) in [6, 6.07) is 7.41. The number of para-hydroxylation sites is 1. The van der Waals surface area contributed by atoms with E-state index in [1.54, 1.807) is 0 Å².